The third-order valence-corrected chi connectivity index (χ3v) is 3.45. The van der Waals surface area contributed by atoms with E-state index in [-0.39, 0.29) is 5.78 Å². The highest BCUT2D eigenvalue weighted by atomic mass is 35.5. The molecule has 0 radical (unpaired) electrons. The van der Waals surface area contributed by atoms with E-state index in [1.165, 1.54) is 0 Å². The van der Waals surface area contributed by atoms with Crippen LogP contribution < -0.4 is 4.74 Å². The zero-order valence-electron chi connectivity index (χ0n) is 11.3. The van der Waals surface area contributed by atoms with Crippen molar-refractivity contribution >= 4 is 29.2 Å². The Morgan fingerprint density at radius 3 is 2.71 bits per heavy atom. The summed E-state index contributed by atoms with van der Waals surface area (Å²) in [7, 11) is 1.60. The number of carbonyl (C=O) groups excluding carboxylic acids is 1. The van der Waals surface area contributed by atoms with Crippen molar-refractivity contribution in [2.24, 2.45) is 4.99 Å². The molecule has 0 aromatic heterocycles. The summed E-state index contributed by atoms with van der Waals surface area (Å²) in [5, 5.41) is 0.646. The van der Waals surface area contributed by atoms with Crippen molar-refractivity contribution in [3.05, 3.63) is 70.5 Å². The number of rotatable bonds is 0. The van der Waals surface area contributed by atoms with Crippen LogP contribution in [0.25, 0.3) is 6.08 Å². The van der Waals surface area contributed by atoms with E-state index in [2.05, 4.69) is 4.99 Å². The predicted octanol–water partition coefficient (Wildman–Crippen LogP) is 3.77. The first-order valence-electron chi connectivity index (χ1n) is 6.45. The van der Waals surface area contributed by atoms with Gasteiger partial charge in [-0.25, -0.2) is 0 Å². The summed E-state index contributed by atoms with van der Waals surface area (Å²) in [5.74, 6) is 1.04. The highest BCUT2D eigenvalue weighted by Gasteiger charge is 2.21. The average Bonchev–Trinajstić information content (AvgIpc) is 2.68. The van der Waals surface area contributed by atoms with Crippen LogP contribution in [0.15, 0.2) is 64.9 Å². The van der Waals surface area contributed by atoms with Gasteiger partial charge >= 0.3 is 0 Å². The van der Waals surface area contributed by atoms with Crippen molar-refractivity contribution in [1.82, 2.24) is 0 Å². The molecule has 0 bridgehead atoms. The van der Waals surface area contributed by atoms with E-state index in [9.17, 15) is 4.79 Å². The third kappa shape index (κ3) is 2.60. The van der Waals surface area contributed by atoms with Gasteiger partial charge in [0, 0.05) is 17.6 Å². The van der Waals surface area contributed by atoms with Crippen molar-refractivity contribution in [3.63, 3.8) is 0 Å². The summed E-state index contributed by atoms with van der Waals surface area (Å²) < 4.78 is 5.82. The molecule has 1 aliphatic heterocycles. The number of ether oxygens (including phenoxy) is 1. The van der Waals surface area contributed by atoms with Crippen LogP contribution in [0.5, 0.6) is 5.75 Å². The maximum Gasteiger partial charge on any atom is 0.214 e. The first-order chi connectivity index (χ1) is 10.2. The van der Waals surface area contributed by atoms with Crippen molar-refractivity contribution in [2.45, 2.75) is 0 Å². The molecule has 21 heavy (non-hydrogen) atoms. The Balaban J connectivity index is 2.05. The number of hydrogen-bond donors (Lipinski definition) is 0. The van der Waals surface area contributed by atoms with Crippen LogP contribution in [-0.4, -0.2) is 18.5 Å². The number of allylic oxidation sites excluding steroid dienone is 6. The molecule has 0 atom stereocenters. The summed E-state index contributed by atoms with van der Waals surface area (Å²) in [4.78, 5) is 16.4. The topological polar surface area (TPSA) is 38.7 Å². The van der Waals surface area contributed by atoms with E-state index in [1.807, 2.05) is 12.1 Å². The highest BCUT2D eigenvalue weighted by molar-refractivity contribution is 6.50. The van der Waals surface area contributed by atoms with Gasteiger partial charge in [0.2, 0.25) is 5.78 Å². The van der Waals surface area contributed by atoms with Gasteiger partial charge in [0.05, 0.1) is 5.57 Å². The van der Waals surface area contributed by atoms with Gasteiger partial charge in [0.25, 0.3) is 0 Å². The number of benzene rings is 1. The number of halogens is 1. The maximum atomic E-state index is 12.4. The molecule has 0 spiro atoms. The third-order valence-electron chi connectivity index (χ3n) is 3.22. The fourth-order valence-electron chi connectivity index (χ4n) is 2.16. The van der Waals surface area contributed by atoms with Gasteiger partial charge in [-0.2, -0.15) is 0 Å². The van der Waals surface area contributed by atoms with E-state index in [0.717, 1.165) is 5.56 Å². The van der Waals surface area contributed by atoms with Crippen LogP contribution in [0.1, 0.15) is 5.56 Å². The normalized spacial score (nSPS) is 22.2. The fourth-order valence-corrected chi connectivity index (χ4v) is 2.34. The van der Waals surface area contributed by atoms with Crippen LogP contribution in [0.4, 0.5) is 0 Å². The molecular weight excluding hydrogens is 286 g/mol. The molecule has 1 aliphatic carbocycles. The van der Waals surface area contributed by atoms with Gasteiger partial charge in [0.15, 0.2) is 0 Å². The Morgan fingerprint density at radius 1 is 1.10 bits per heavy atom. The van der Waals surface area contributed by atoms with Crippen molar-refractivity contribution in [2.75, 3.05) is 7.05 Å². The number of fused-ring (bicyclic) bond motifs is 1. The quantitative estimate of drug-likeness (QED) is 0.684. The van der Waals surface area contributed by atoms with Crippen LogP contribution in [0.3, 0.4) is 0 Å². The summed E-state index contributed by atoms with van der Waals surface area (Å²) in [6.07, 6.45) is 10.7. The molecule has 0 unspecified atom stereocenters. The lowest BCUT2D eigenvalue weighted by molar-refractivity contribution is -0.109. The molecule has 104 valence electrons. The molecule has 1 aromatic carbocycles. The fraction of sp³-hybridized carbons (Fsp3) is 0.0588. The standard InChI is InChI=1S/C17H12ClNO2/c1-19-14-5-3-2-4-13(17(14)20)16-8-6-11-10-12(18)7-9-15(11)21-16/h2-10H,1H3/b16-13-,19-14?. The second-order valence-corrected chi connectivity index (χ2v) is 4.99. The first kappa shape index (κ1) is 13.6. The molecule has 0 saturated carbocycles. The molecule has 1 heterocycles. The zero-order valence-corrected chi connectivity index (χ0v) is 12.1. The molecule has 3 rings (SSSR count). The largest absolute Gasteiger partial charge is 0.456 e. The smallest absolute Gasteiger partial charge is 0.214 e. The Kier molecular flexibility index (Phi) is 3.59. The second kappa shape index (κ2) is 5.54. The number of aliphatic imine (C=N–C) groups is 1. The first-order valence-corrected chi connectivity index (χ1v) is 6.83. The minimum absolute atomic E-state index is 0.153. The summed E-state index contributed by atoms with van der Waals surface area (Å²) in [5.41, 5.74) is 1.78. The molecular formula is C17H12ClNO2. The van der Waals surface area contributed by atoms with Crippen LogP contribution in [0, 0.1) is 0 Å². The monoisotopic (exact) mass is 297 g/mol. The van der Waals surface area contributed by atoms with Crippen molar-refractivity contribution in [3.8, 4) is 5.75 Å². The van der Waals surface area contributed by atoms with E-state index < -0.39 is 0 Å². The van der Waals surface area contributed by atoms with E-state index in [0.29, 0.717) is 27.8 Å². The molecule has 0 N–H and O–H groups in total. The van der Waals surface area contributed by atoms with Gasteiger partial charge in [-0.1, -0.05) is 23.8 Å². The number of hydrogen-bond acceptors (Lipinski definition) is 3. The molecule has 4 heteroatoms. The van der Waals surface area contributed by atoms with Gasteiger partial charge in [-0.15, -0.1) is 0 Å². The molecule has 0 amide bonds. The number of carbonyl (C=O) groups is 1. The summed E-state index contributed by atoms with van der Waals surface area (Å²) >= 11 is 5.95. The van der Waals surface area contributed by atoms with Crippen LogP contribution in [0.2, 0.25) is 5.02 Å². The molecule has 0 fully saturated rings. The SMILES string of the molecule is CN=C1C=CC=C/C(=C2\C=Cc3cc(Cl)ccc3O2)C1=O. The highest BCUT2D eigenvalue weighted by Crippen LogP contribution is 2.31. The van der Waals surface area contributed by atoms with Gasteiger partial charge < -0.3 is 4.74 Å². The van der Waals surface area contributed by atoms with Crippen LogP contribution >= 0.6 is 11.6 Å². The summed E-state index contributed by atoms with van der Waals surface area (Å²) in [6, 6.07) is 5.37. The van der Waals surface area contributed by atoms with Gasteiger partial charge in [-0.3, -0.25) is 9.79 Å². The van der Waals surface area contributed by atoms with E-state index in [1.54, 1.807) is 49.6 Å². The number of nitrogens with zero attached hydrogens (tertiary/aromatic N) is 1. The average molecular weight is 298 g/mol. The number of ketones is 1. The minimum atomic E-state index is -0.153. The van der Waals surface area contributed by atoms with Gasteiger partial charge in [-0.05, 0) is 42.5 Å². The number of Topliss-reactive ketones (excluding diaryl/α,β-unsaturated/α-hetero) is 1. The summed E-state index contributed by atoms with van der Waals surface area (Å²) in [6.45, 7) is 0. The Labute approximate surface area is 127 Å². The lowest BCUT2D eigenvalue weighted by atomic mass is 10.0. The molecule has 1 aromatic rings. The van der Waals surface area contributed by atoms with E-state index >= 15 is 0 Å². The lowest BCUT2D eigenvalue weighted by Crippen LogP contribution is -2.16. The van der Waals surface area contributed by atoms with E-state index in [4.69, 9.17) is 16.3 Å². The second-order valence-electron chi connectivity index (χ2n) is 4.55. The Bertz CT molecular complexity index is 767. The zero-order chi connectivity index (χ0) is 14.8. The predicted molar refractivity (Wildman–Crippen MR) is 84.8 cm³/mol. The van der Waals surface area contributed by atoms with Crippen LogP contribution in [-0.2, 0) is 4.79 Å². The molecule has 3 nitrogen and oxygen atoms in total. The molecule has 0 saturated heterocycles. The van der Waals surface area contributed by atoms with Gasteiger partial charge in [0.1, 0.15) is 17.2 Å². The lowest BCUT2D eigenvalue weighted by Gasteiger charge is -2.16. The van der Waals surface area contributed by atoms with Crippen molar-refractivity contribution in [1.29, 1.82) is 0 Å². The van der Waals surface area contributed by atoms with Crippen molar-refractivity contribution < 1.29 is 9.53 Å². The minimum Gasteiger partial charge on any atom is -0.456 e. The Morgan fingerprint density at radius 2 is 1.90 bits per heavy atom. The Hall–Kier alpha value is -2.39. The maximum absolute atomic E-state index is 12.4. The molecule has 2 aliphatic rings.